The fourth-order valence-corrected chi connectivity index (χ4v) is 4.93. The lowest BCUT2D eigenvalue weighted by atomic mass is 10.1. The van der Waals surface area contributed by atoms with Gasteiger partial charge < -0.3 is 5.32 Å². The standard InChI is InChI=1S/C19H31FN4O3S/c1-4-23(5-2)28(26,27)24-14-12-22(13-15-24)16(3)19(25)21-11-10-17-6-8-18(20)9-7-17/h6-9,16H,4-5,10-15H2,1-3H3,(H,21,25). The van der Waals surface area contributed by atoms with Crippen molar-refractivity contribution in [3.63, 3.8) is 0 Å². The quantitative estimate of drug-likeness (QED) is 0.656. The maximum absolute atomic E-state index is 12.9. The molecule has 1 heterocycles. The number of hydrogen-bond acceptors (Lipinski definition) is 4. The van der Waals surface area contributed by atoms with Gasteiger partial charge in [-0.05, 0) is 31.0 Å². The van der Waals surface area contributed by atoms with Crippen molar-refractivity contribution in [1.29, 1.82) is 0 Å². The third kappa shape index (κ3) is 5.73. The number of amides is 1. The number of rotatable bonds is 9. The smallest absolute Gasteiger partial charge is 0.282 e. The van der Waals surface area contributed by atoms with Crippen LogP contribution in [0.5, 0.6) is 0 Å². The van der Waals surface area contributed by atoms with Gasteiger partial charge in [-0.1, -0.05) is 26.0 Å². The predicted molar refractivity (Wildman–Crippen MR) is 108 cm³/mol. The van der Waals surface area contributed by atoms with Crippen molar-refractivity contribution < 1.29 is 17.6 Å². The van der Waals surface area contributed by atoms with Crippen LogP contribution in [-0.4, -0.2) is 79.7 Å². The molecule has 1 aliphatic rings. The Kier molecular flexibility index (Phi) is 8.36. The third-order valence-electron chi connectivity index (χ3n) is 5.18. The molecule has 0 aliphatic carbocycles. The molecule has 1 atom stereocenters. The van der Waals surface area contributed by atoms with E-state index in [2.05, 4.69) is 5.32 Å². The Balaban J connectivity index is 1.79. The molecule has 158 valence electrons. The topological polar surface area (TPSA) is 73.0 Å². The molecule has 1 unspecified atom stereocenters. The first-order valence-corrected chi connectivity index (χ1v) is 11.2. The van der Waals surface area contributed by atoms with Gasteiger partial charge in [0, 0.05) is 45.8 Å². The molecule has 9 heteroatoms. The summed E-state index contributed by atoms with van der Waals surface area (Å²) >= 11 is 0. The van der Waals surface area contributed by atoms with Crippen molar-refractivity contribution in [2.45, 2.75) is 33.2 Å². The first-order valence-electron chi connectivity index (χ1n) is 9.81. The summed E-state index contributed by atoms with van der Waals surface area (Å²) in [7, 11) is -3.43. The van der Waals surface area contributed by atoms with Crippen LogP contribution in [0.2, 0.25) is 0 Å². The second kappa shape index (κ2) is 10.3. The molecule has 1 amide bonds. The number of nitrogens with zero attached hydrogens (tertiary/aromatic N) is 3. The van der Waals surface area contributed by atoms with Crippen LogP contribution in [0.1, 0.15) is 26.3 Å². The monoisotopic (exact) mass is 414 g/mol. The molecule has 0 bridgehead atoms. The molecule has 1 N–H and O–H groups in total. The minimum Gasteiger partial charge on any atom is -0.354 e. The third-order valence-corrected chi connectivity index (χ3v) is 7.37. The highest BCUT2D eigenvalue weighted by Gasteiger charge is 2.33. The predicted octanol–water partition coefficient (Wildman–Crippen LogP) is 1.08. The summed E-state index contributed by atoms with van der Waals surface area (Å²) in [6.45, 7) is 8.67. The van der Waals surface area contributed by atoms with Crippen LogP contribution in [0.25, 0.3) is 0 Å². The van der Waals surface area contributed by atoms with Crippen LogP contribution in [0.4, 0.5) is 4.39 Å². The normalized spacial score (nSPS) is 17.6. The van der Waals surface area contributed by atoms with E-state index in [9.17, 15) is 17.6 Å². The van der Waals surface area contributed by atoms with Gasteiger partial charge >= 0.3 is 0 Å². The number of hydrogen-bond donors (Lipinski definition) is 1. The summed E-state index contributed by atoms with van der Waals surface area (Å²) in [5.74, 6) is -0.356. The van der Waals surface area contributed by atoms with Gasteiger partial charge in [0.05, 0.1) is 6.04 Å². The second-order valence-electron chi connectivity index (χ2n) is 6.87. The van der Waals surface area contributed by atoms with Gasteiger partial charge in [-0.15, -0.1) is 0 Å². The average Bonchev–Trinajstić information content (AvgIpc) is 2.69. The lowest BCUT2D eigenvalue weighted by Crippen LogP contribution is -2.57. The van der Waals surface area contributed by atoms with E-state index in [1.54, 1.807) is 12.1 Å². The highest BCUT2D eigenvalue weighted by molar-refractivity contribution is 7.86. The van der Waals surface area contributed by atoms with Crippen LogP contribution in [0, 0.1) is 5.82 Å². The van der Waals surface area contributed by atoms with Crippen LogP contribution in [-0.2, 0) is 21.4 Å². The molecule has 0 saturated carbocycles. The van der Waals surface area contributed by atoms with Crippen molar-refractivity contribution >= 4 is 16.1 Å². The lowest BCUT2D eigenvalue weighted by Gasteiger charge is -2.38. The van der Waals surface area contributed by atoms with E-state index < -0.39 is 10.2 Å². The molecule has 1 aromatic carbocycles. The zero-order valence-electron chi connectivity index (χ0n) is 16.9. The largest absolute Gasteiger partial charge is 0.354 e. The van der Waals surface area contributed by atoms with E-state index in [4.69, 9.17) is 0 Å². The van der Waals surface area contributed by atoms with Crippen LogP contribution in [0.3, 0.4) is 0 Å². The molecule has 1 saturated heterocycles. The average molecular weight is 415 g/mol. The Bertz CT molecular complexity index is 730. The minimum atomic E-state index is -3.43. The van der Waals surface area contributed by atoms with Gasteiger partial charge in [-0.2, -0.15) is 17.0 Å². The van der Waals surface area contributed by atoms with Gasteiger partial charge in [0.25, 0.3) is 10.2 Å². The van der Waals surface area contributed by atoms with E-state index in [1.165, 1.54) is 20.7 Å². The number of benzene rings is 1. The zero-order valence-corrected chi connectivity index (χ0v) is 17.7. The van der Waals surface area contributed by atoms with Gasteiger partial charge in [-0.25, -0.2) is 4.39 Å². The number of nitrogens with one attached hydrogen (secondary N) is 1. The Morgan fingerprint density at radius 3 is 2.25 bits per heavy atom. The Morgan fingerprint density at radius 1 is 1.14 bits per heavy atom. The van der Waals surface area contributed by atoms with Gasteiger partial charge in [-0.3, -0.25) is 9.69 Å². The summed E-state index contributed by atoms with van der Waals surface area (Å²) in [5, 5.41) is 2.91. The van der Waals surface area contributed by atoms with Gasteiger partial charge in [0.15, 0.2) is 0 Å². The molecular weight excluding hydrogens is 383 g/mol. The van der Waals surface area contributed by atoms with Crippen LogP contribution >= 0.6 is 0 Å². The van der Waals surface area contributed by atoms with Crippen LogP contribution < -0.4 is 5.32 Å². The summed E-state index contributed by atoms with van der Waals surface area (Å²) < 4.78 is 41.0. The van der Waals surface area contributed by atoms with Crippen molar-refractivity contribution in [2.24, 2.45) is 0 Å². The molecule has 28 heavy (non-hydrogen) atoms. The molecule has 0 spiro atoms. The molecule has 1 aromatic rings. The summed E-state index contributed by atoms with van der Waals surface area (Å²) in [4.78, 5) is 14.4. The summed E-state index contributed by atoms with van der Waals surface area (Å²) in [6.07, 6.45) is 0.634. The summed E-state index contributed by atoms with van der Waals surface area (Å²) in [5.41, 5.74) is 0.963. The maximum Gasteiger partial charge on any atom is 0.282 e. The molecule has 1 aliphatic heterocycles. The van der Waals surface area contributed by atoms with Gasteiger partial charge in [0.2, 0.25) is 5.91 Å². The Labute approximate surface area is 167 Å². The van der Waals surface area contributed by atoms with E-state index in [-0.39, 0.29) is 17.8 Å². The van der Waals surface area contributed by atoms with Crippen molar-refractivity contribution in [2.75, 3.05) is 45.8 Å². The number of carbonyl (C=O) groups is 1. The molecule has 1 fully saturated rings. The van der Waals surface area contributed by atoms with Crippen LogP contribution in [0.15, 0.2) is 24.3 Å². The van der Waals surface area contributed by atoms with E-state index in [1.807, 2.05) is 25.7 Å². The molecule has 0 radical (unpaired) electrons. The van der Waals surface area contributed by atoms with E-state index >= 15 is 0 Å². The fraction of sp³-hybridized carbons (Fsp3) is 0.632. The van der Waals surface area contributed by atoms with Crippen molar-refractivity contribution in [3.8, 4) is 0 Å². The maximum atomic E-state index is 12.9. The van der Waals surface area contributed by atoms with Crippen molar-refractivity contribution in [3.05, 3.63) is 35.6 Å². The first kappa shape index (κ1) is 22.7. The highest BCUT2D eigenvalue weighted by Crippen LogP contribution is 2.14. The minimum absolute atomic E-state index is 0.0813. The van der Waals surface area contributed by atoms with Gasteiger partial charge in [0.1, 0.15) is 5.82 Å². The summed E-state index contributed by atoms with van der Waals surface area (Å²) in [6, 6.07) is 5.91. The van der Waals surface area contributed by atoms with E-state index in [0.717, 1.165) is 5.56 Å². The molecule has 0 aromatic heterocycles. The highest BCUT2D eigenvalue weighted by atomic mass is 32.2. The zero-order chi connectivity index (χ0) is 20.7. The number of halogens is 1. The molecule has 7 nitrogen and oxygen atoms in total. The Morgan fingerprint density at radius 2 is 1.71 bits per heavy atom. The number of piperazine rings is 1. The van der Waals surface area contributed by atoms with Crippen molar-refractivity contribution in [1.82, 2.24) is 18.8 Å². The fourth-order valence-electron chi connectivity index (χ4n) is 3.33. The second-order valence-corrected chi connectivity index (χ2v) is 8.80. The molecule has 2 rings (SSSR count). The molecular formula is C19H31FN4O3S. The van der Waals surface area contributed by atoms with E-state index in [0.29, 0.717) is 52.2 Å². The lowest BCUT2D eigenvalue weighted by molar-refractivity contribution is -0.126. The Hall–Kier alpha value is -1.55. The SMILES string of the molecule is CCN(CC)S(=O)(=O)N1CCN(C(C)C(=O)NCCc2ccc(F)cc2)CC1. The number of carbonyl (C=O) groups excluding carboxylic acids is 1. The first-order chi connectivity index (χ1) is 13.3.